The summed E-state index contributed by atoms with van der Waals surface area (Å²) in [4.78, 5) is 0. The van der Waals surface area contributed by atoms with Crippen molar-refractivity contribution in [2.24, 2.45) is 0 Å². The zero-order valence-corrected chi connectivity index (χ0v) is 26.2. The Hall–Kier alpha value is 2.47. The van der Waals surface area contributed by atoms with Crippen LogP contribution in [0.2, 0.25) is 7.86 Å². The quantitative estimate of drug-likeness (QED) is 0.357. The van der Waals surface area contributed by atoms with E-state index in [4.69, 9.17) is 4.74 Å². The molecular formula is C13H16Hg2I2O2. The van der Waals surface area contributed by atoms with E-state index < -0.39 is 46.1 Å². The van der Waals surface area contributed by atoms with Crippen LogP contribution in [0, 0.1) is 0 Å². The van der Waals surface area contributed by atoms with Crippen molar-refractivity contribution in [1.29, 1.82) is 0 Å². The number of ether oxygens (including phenoxy) is 1. The Morgan fingerprint density at radius 1 is 1.11 bits per heavy atom. The minimum absolute atomic E-state index is 0.318. The second-order valence-electron chi connectivity index (χ2n) is 5.14. The van der Waals surface area contributed by atoms with Gasteiger partial charge >= 0.3 is 160 Å². The second-order valence-corrected chi connectivity index (χ2v) is 31.5. The van der Waals surface area contributed by atoms with Gasteiger partial charge in [-0.3, -0.25) is 0 Å². The van der Waals surface area contributed by atoms with Crippen LogP contribution in [0.15, 0.2) is 30.3 Å². The summed E-state index contributed by atoms with van der Waals surface area (Å²) in [6.45, 7) is 0. The molecule has 0 aliphatic carbocycles. The molecule has 1 aromatic rings. The molecule has 2 nitrogen and oxygen atoms in total. The first-order chi connectivity index (χ1) is 9.18. The Labute approximate surface area is 157 Å². The summed E-state index contributed by atoms with van der Waals surface area (Å²) < 4.78 is 8.76. The molecule has 0 bridgehead atoms. The van der Waals surface area contributed by atoms with E-state index in [0.29, 0.717) is 12.2 Å². The van der Waals surface area contributed by atoms with Gasteiger partial charge in [0.05, 0.1) is 0 Å². The summed E-state index contributed by atoms with van der Waals surface area (Å²) in [7, 11) is 0. The first kappa shape index (κ1) is 17.8. The van der Waals surface area contributed by atoms with Crippen LogP contribution in [0.5, 0.6) is 0 Å². The Balaban J connectivity index is 2.17. The summed E-state index contributed by atoms with van der Waals surface area (Å²) in [5.41, 5.74) is 0.442. The number of aliphatic hydroxyl groups is 1. The molecule has 2 atom stereocenters. The van der Waals surface area contributed by atoms with Crippen LogP contribution in [0.4, 0.5) is 0 Å². The van der Waals surface area contributed by atoms with Gasteiger partial charge in [-0.15, -0.1) is 0 Å². The molecule has 0 amide bonds. The van der Waals surface area contributed by atoms with Gasteiger partial charge in [0.1, 0.15) is 0 Å². The number of rotatable bonds is 5. The molecular weight excluding hydrogens is 843 g/mol. The van der Waals surface area contributed by atoms with Gasteiger partial charge in [-0.05, 0) is 0 Å². The maximum absolute atomic E-state index is 11.1. The second kappa shape index (κ2) is 8.93. The standard InChI is InChI=1S/C13H16O2.2Hg.2HI/c1-10-8-13(14,9-11(2)15-10)12-6-4-3-5-7-12;;;;/h3-7,10-11,14H,1-2,8-9H2;;;2*1H/q;2*+1;;/p-2. The average molecular weight is 859 g/mol. The molecule has 2 unspecified atom stereocenters. The molecule has 1 aliphatic rings. The van der Waals surface area contributed by atoms with Crippen LogP contribution in [0.25, 0.3) is 0 Å². The predicted octanol–water partition coefficient (Wildman–Crippen LogP) is 4.12. The monoisotopic (exact) mass is 862 g/mol. The molecule has 1 heterocycles. The van der Waals surface area contributed by atoms with E-state index in [1.807, 2.05) is 18.2 Å². The van der Waals surface area contributed by atoms with Gasteiger partial charge < -0.3 is 0 Å². The Morgan fingerprint density at radius 3 is 2.11 bits per heavy atom. The van der Waals surface area contributed by atoms with E-state index in [9.17, 15) is 5.11 Å². The van der Waals surface area contributed by atoms with E-state index in [0.717, 1.165) is 18.4 Å². The van der Waals surface area contributed by atoms with E-state index >= 15 is 0 Å². The molecule has 1 aliphatic heterocycles. The normalized spacial score (nSPS) is 30.5. The van der Waals surface area contributed by atoms with Crippen LogP contribution >= 0.6 is 35.3 Å². The van der Waals surface area contributed by atoms with Crippen LogP contribution in [0.1, 0.15) is 18.4 Å². The molecule has 19 heavy (non-hydrogen) atoms. The van der Waals surface area contributed by atoms with Crippen molar-refractivity contribution in [2.75, 3.05) is 0 Å². The fourth-order valence-electron chi connectivity index (χ4n) is 2.77. The van der Waals surface area contributed by atoms with Crippen molar-refractivity contribution in [3.63, 3.8) is 0 Å². The molecule has 0 radical (unpaired) electrons. The van der Waals surface area contributed by atoms with Crippen molar-refractivity contribution >= 4 is 35.3 Å². The molecule has 1 fully saturated rings. The summed E-state index contributed by atoms with van der Waals surface area (Å²) in [6.07, 6.45) is 2.24. The molecule has 1 N–H and O–H groups in total. The number of hydrogen-bond donors (Lipinski definition) is 1. The molecule has 2 rings (SSSR count). The van der Waals surface area contributed by atoms with Gasteiger partial charge in [-0.25, -0.2) is 0 Å². The van der Waals surface area contributed by atoms with Crippen LogP contribution in [-0.2, 0) is 50.8 Å². The fourth-order valence-corrected chi connectivity index (χ4v) is 19.5. The summed E-state index contributed by atoms with van der Waals surface area (Å²) in [6, 6.07) is 10.2. The van der Waals surface area contributed by atoms with Crippen molar-refractivity contribution < 1.29 is 50.3 Å². The predicted molar refractivity (Wildman–Crippen MR) is 85.9 cm³/mol. The Bertz CT molecular complexity index is 377. The molecule has 0 saturated carbocycles. The fraction of sp³-hybridized carbons (Fsp3) is 0.538. The van der Waals surface area contributed by atoms with Gasteiger partial charge in [-0.2, -0.15) is 0 Å². The van der Waals surface area contributed by atoms with Crippen LogP contribution in [0.3, 0.4) is 0 Å². The Morgan fingerprint density at radius 2 is 1.63 bits per heavy atom. The van der Waals surface area contributed by atoms with E-state index in [-0.39, 0.29) is 0 Å². The summed E-state index contributed by atoms with van der Waals surface area (Å²) >= 11 is 3.78. The molecule has 1 aromatic carbocycles. The zero-order chi connectivity index (χ0) is 13.7. The van der Waals surface area contributed by atoms with Gasteiger partial charge in [0.2, 0.25) is 0 Å². The zero-order valence-electron chi connectivity index (χ0n) is 10.9. The third-order valence-corrected chi connectivity index (χ3v) is 21.3. The van der Waals surface area contributed by atoms with Gasteiger partial charge in [0.15, 0.2) is 0 Å². The van der Waals surface area contributed by atoms with E-state index in [1.165, 1.54) is 7.86 Å². The number of hydrogen-bond acceptors (Lipinski definition) is 2. The molecule has 98 valence electrons. The number of benzene rings is 1. The third-order valence-electron chi connectivity index (χ3n) is 3.69. The molecule has 6 heteroatoms. The van der Waals surface area contributed by atoms with Crippen molar-refractivity contribution in [2.45, 2.75) is 38.5 Å². The van der Waals surface area contributed by atoms with Crippen LogP contribution < -0.4 is 0 Å². The molecule has 1 saturated heterocycles. The molecule has 0 aromatic heterocycles. The SMILES string of the molecule is OC1(c2ccccc2)CC([CH2][Hg][I])OC([CH2][Hg][I])C1. The Kier molecular flexibility index (Phi) is 8.38. The van der Waals surface area contributed by atoms with Crippen molar-refractivity contribution in [1.82, 2.24) is 0 Å². The van der Waals surface area contributed by atoms with Crippen LogP contribution in [-0.4, -0.2) is 17.3 Å². The maximum atomic E-state index is 11.1. The summed E-state index contributed by atoms with van der Waals surface area (Å²) in [5, 5.41) is 11.1. The van der Waals surface area contributed by atoms with Crippen molar-refractivity contribution in [3.8, 4) is 0 Å². The average Bonchev–Trinajstić information content (AvgIpc) is 2.40. The third kappa shape index (κ3) is 5.25. The first-order valence-corrected chi connectivity index (χ1v) is 45.4. The van der Waals surface area contributed by atoms with E-state index in [1.54, 1.807) is 0 Å². The minimum atomic E-state index is -0.728. The van der Waals surface area contributed by atoms with E-state index in [2.05, 4.69) is 47.5 Å². The van der Waals surface area contributed by atoms with Crippen molar-refractivity contribution in [3.05, 3.63) is 35.9 Å². The number of halogens is 2. The van der Waals surface area contributed by atoms with Gasteiger partial charge in [-0.1, -0.05) is 0 Å². The topological polar surface area (TPSA) is 29.5 Å². The van der Waals surface area contributed by atoms with Gasteiger partial charge in [0, 0.05) is 0 Å². The first-order valence-electron chi connectivity index (χ1n) is 6.73. The van der Waals surface area contributed by atoms with Gasteiger partial charge in [0.25, 0.3) is 0 Å². The summed E-state index contributed by atoms with van der Waals surface area (Å²) in [5.74, 6) is 0. The molecule has 0 spiro atoms.